The lowest BCUT2D eigenvalue weighted by Gasteiger charge is -2.26. The normalized spacial score (nSPS) is 14.0. The molecule has 9 heteroatoms. The number of ether oxygens (including phenoxy) is 2. The van der Waals surface area contributed by atoms with Gasteiger partial charge in [0.15, 0.2) is 6.61 Å². The van der Waals surface area contributed by atoms with E-state index in [1.165, 1.54) is 6.08 Å². The second-order valence-corrected chi connectivity index (χ2v) is 9.50. The molecular weight excluding hydrogens is 534 g/mol. The Balaban J connectivity index is 1.25. The minimum absolute atomic E-state index is 0.228. The van der Waals surface area contributed by atoms with Crippen molar-refractivity contribution in [3.63, 3.8) is 0 Å². The molecule has 0 atom stereocenters. The smallest absolute Gasteiger partial charge is 0.335 e. The number of rotatable bonds is 9. The third-order valence-corrected chi connectivity index (χ3v) is 6.32. The highest BCUT2D eigenvalue weighted by atomic mass is 16.5. The van der Waals surface area contributed by atoms with Gasteiger partial charge < -0.3 is 14.8 Å². The van der Waals surface area contributed by atoms with Crippen molar-refractivity contribution in [1.29, 1.82) is 0 Å². The second-order valence-electron chi connectivity index (χ2n) is 9.50. The van der Waals surface area contributed by atoms with Crippen molar-refractivity contribution in [3.8, 4) is 11.5 Å². The summed E-state index contributed by atoms with van der Waals surface area (Å²) >= 11 is 0. The summed E-state index contributed by atoms with van der Waals surface area (Å²) in [5.41, 5.74) is 3.26. The number of nitrogens with one attached hydrogen (secondary N) is 2. The minimum atomic E-state index is -0.850. The molecule has 0 unspecified atom stereocenters. The molecule has 0 radical (unpaired) electrons. The van der Waals surface area contributed by atoms with Crippen molar-refractivity contribution < 1.29 is 28.7 Å². The molecule has 2 N–H and O–H groups in total. The van der Waals surface area contributed by atoms with E-state index < -0.39 is 17.8 Å². The first-order valence-corrected chi connectivity index (χ1v) is 13.1. The highest BCUT2D eigenvalue weighted by molar-refractivity contribution is 6.39. The van der Waals surface area contributed by atoms with Crippen LogP contribution in [0.2, 0.25) is 0 Å². The quantitative estimate of drug-likeness (QED) is 0.213. The molecule has 0 aliphatic carbocycles. The van der Waals surface area contributed by atoms with Crippen LogP contribution in [0.1, 0.15) is 16.7 Å². The molecule has 1 fully saturated rings. The van der Waals surface area contributed by atoms with E-state index in [-0.39, 0.29) is 23.8 Å². The van der Waals surface area contributed by atoms with E-state index in [1.54, 1.807) is 60.7 Å². The van der Waals surface area contributed by atoms with Crippen LogP contribution < -0.4 is 25.0 Å². The fourth-order valence-electron chi connectivity index (χ4n) is 4.17. The predicted molar refractivity (Wildman–Crippen MR) is 158 cm³/mol. The van der Waals surface area contributed by atoms with Gasteiger partial charge >= 0.3 is 6.03 Å². The van der Waals surface area contributed by atoms with Crippen LogP contribution in [0.5, 0.6) is 11.5 Å². The van der Waals surface area contributed by atoms with Crippen LogP contribution in [-0.2, 0) is 21.0 Å². The minimum Gasteiger partial charge on any atom is -0.489 e. The maximum Gasteiger partial charge on any atom is 0.335 e. The number of anilines is 2. The van der Waals surface area contributed by atoms with Gasteiger partial charge in [0.2, 0.25) is 0 Å². The number of hydrogen-bond donors (Lipinski definition) is 2. The van der Waals surface area contributed by atoms with Gasteiger partial charge in [-0.3, -0.25) is 19.7 Å². The molecule has 9 nitrogen and oxygen atoms in total. The maximum atomic E-state index is 13.3. The lowest BCUT2D eigenvalue weighted by molar-refractivity contribution is -0.122. The molecule has 1 heterocycles. The van der Waals surface area contributed by atoms with E-state index in [0.717, 1.165) is 16.0 Å². The van der Waals surface area contributed by atoms with Crippen LogP contribution in [0.25, 0.3) is 6.08 Å². The fraction of sp³-hybridized carbons (Fsp3) is 0.0909. The predicted octanol–water partition coefficient (Wildman–Crippen LogP) is 5.26. The van der Waals surface area contributed by atoms with E-state index in [0.29, 0.717) is 29.4 Å². The monoisotopic (exact) mass is 561 g/mol. The second kappa shape index (κ2) is 12.6. The van der Waals surface area contributed by atoms with Gasteiger partial charge in [0, 0.05) is 5.69 Å². The van der Waals surface area contributed by atoms with E-state index in [4.69, 9.17) is 9.47 Å². The summed E-state index contributed by atoms with van der Waals surface area (Å²) in [5, 5.41) is 4.97. The number of nitrogens with zero attached hydrogens (tertiary/aromatic N) is 1. The van der Waals surface area contributed by atoms with Crippen molar-refractivity contribution in [2.24, 2.45) is 0 Å². The summed E-state index contributed by atoms with van der Waals surface area (Å²) in [6.07, 6.45) is 1.37. The van der Waals surface area contributed by atoms with Crippen molar-refractivity contribution in [3.05, 3.63) is 125 Å². The zero-order chi connectivity index (χ0) is 29.5. The lowest BCUT2D eigenvalue weighted by Crippen LogP contribution is -2.54. The Kier molecular flexibility index (Phi) is 8.39. The molecule has 4 aromatic rings. The molecule has 4 aromatic carbocycles. The van der Waals surface area contributed by atoms with E-state index in [1.807, 2.05) is 49.4 Å². The van der Waals surface area contributed by atoms with E-state index in [2.05, 4.69) is 10.6 Å². The number of barbiturate groups is 1. The number of carbonyl (C=O) groups excluding carboxylic acids is 4. The van der Waals surface area contributed by atoms with Crippen LogP contribution in [-0.4, -0.2) is 30.4 Å². The molecule has 0 saturated carbocycles. The first kappa shape index (κ1) is 27.9. The Morgan fingerprint density at radius 3 is 2.31 bits per heavy atom. The summed E-state index contributed by atoms with van der Waals surface area (Å²) in [7, 11) is 0. The van der Waals surface area contributed by atoms with Gasteiger partial charge in [-0.15, -0.1) is 0 Å². The van der Waals surface area contributed by atoms with Crippen LogP contribution in [0.4, 0.5) is 16.2 Å². The molecule has 0 spiro atoms. The van der Waals surface area contributed by atoms with Crippen molar-refractivity contribution in [2.45, 2.75) is 13.5 Å². The molecule has 42 heavy (non-hydrogen) atoms. The third kappa shape index (κ3) is 6.89. The van der Waals surface area contributed by atoms with Crippen molar-refractivity contribution in [2.75, 3.05) is 16.8 Å². The number of carbonyl (C=O) groups is 4. The van der Waals surface area contributed by atoms with Crippen LogP contribution >= 0.6 is 0 Å². The molecule has 5 amide bonds. The van der Waals surface area contributed by atoms with Crippen LogP contribution in [0.3, 0.4) is 0 Å². The van der Waals surface area contributed by atoms with Gasteiger partial charge in [-0.2, -0.15) is 0 Å². The molecule has 210 valence electrons. The van der Waals surface area contributed by atoms with Gasteiger partial charge in [0.25, 0.3) is 17.7 Å². The summed E-state index contributed by atoms with van der Waals surface area (Å²) in [5.74, 6) is -0.997. The lowest BCUT2D eigenvalue weighted by atomic mass is 10.1. The van der Waals surface area contributed by atoms with E-state index >= 15 is 0 Å². The summed E-state index contributed by atoms with van der Waals surface area (Å²) in [6, 6.07) is 29.2. The van der Waals surface area contributed by atoms with E-state index in [9.17, 15) is 19.2 Å². The maximum absolute atomic E-state index is 13.3. The molecule has 5 rings (SSSR count). The van der Waals surface area contributed by atoms with Crippen LogP contribution in [0, 0.1) is 6.92 Å². The highest BCUT2D eigenvalue weighted by Gasteiger charge is 2.36. The Labute approximate surface area is 242 Å². The van der Waals surface area contributed by atoms with Crippen LogP contribution in [0.15, 0.2) is 109 Å². The molecule has 1 aliphatic heterocycles. The largest absolute Gasteiger partial charge is 0.489 e. The number of imide groups is 2. The summed E-state index contributed by atoms with van der Waals surface area (Å²) in [4.78, 5) is 51.7. The summed E-state index contributed by atoms with van der Waals surface area (Å²) in [6.45, 7) is 2.09. The molecule has 1 aliphatic rings. The van der Waals surface area contributed by atoms with Gasteiger partial charge in [0.1, 0.15) is 23.7 Å². The topological polar surface area (TPSA) is 114 Å². The molecule has 0 aromatic heterocycles. The zero-order valence-corrected chi connectivity index (χ0v) is 22.7. The molecule has 1 saturated heterocycles. The number of amides is 5. The Hall–Kier alpha value is -5.70. The Morgan fingerprint density at radius 2 is 1.57 bits per heavy atom. The van der Waals surface area contributed by atoms with Crippen molar-refractivity contribution >= 4 is 41.2 Å². The number of hydrogen-bond acceptors (Lipinski definition) is 6. The Morgan fingerprint density at radius 1 is 0.833 bits per heavy atom. The first-order chi connectivity index (χ1) is 20.4. The van der Waals surface area contributed by atoms with Crippen molar-refractivity contribution in [1.82, 2.24) is 5.32 Å². The molecular formula is C33H27N3O6. The first-order valence-electron chi connectivity index (χ1n) is 13.1. The number of aryl methyl sites for hydroxylation is 1. The highest BCUT2D eigenvalue weighted by Crippen LogP contribution is 2.25. The number of urea groups is 1. The van der Waals surface area contributed by atoms with Gasteiger partial charge in [-0.05, 0) is 72.7 Å². The fourth-order valence-corrected chi connectivity index (χ4v) is 4.17. The average Bonchev–Trinajstić information content (AvgIpc) is 3.00. The standard InChI is InChI=1S/C33H27N3O6/c1-22-10-12-25(13-11-22)34-30(37)21-42-28-9-5-8-24(18-28)19-29-31(38)35-33(40)36(32(29)39)26-14-16-27(17-15-26)41-20-23-6-3-2-4-7-23/h2-19H,20-21H2,1H3,(H,34,37)(H,35,38,40)/b29-19-. The zero-order valence-electron chi connectivity index (χ0n) is 22.7. The van der Waals surface area contributed by atoms with Gasteiger partial charge in [0.05, 0.1) is 5.69 Å². The summed E-state index contributed by atoms with van der Waals surface area (Å²) < 4.78 is 11.4. The number of benzene rings is 4. The van der Waals surface area contributed by atoms with Gasteiger partial charge in [-0.1, -0.05) is 60.2 Å². The molecule has 0 bridgehead atoms. The third-order valence-electron chi connectivity index (χ3n) is 6.32. The average molecular weight is 562 g/mol. The Bertz CT molecular complexity index is 1650. The van der Waals surface area contributed by atoms with Gasteiger partial charge in [-0.25, -0.2) is 9.69 Å². The SMILES string of the molecule is Cc1ccc(NC(=O)COc2cccc(/C=C3/C(=O)NC(=O)N(c4ccc(OCc5ccccc5)cc4)C3=O)c2)cc1.